The average Bonchev–Trinajstić information content (AvgIpc) is 3.40. The highest BCUT2D eigenvalue weighted by molar-refractivity contribution is 6.30. The lowest BCUT2D eigenvalue weighted by atomic mass is 10.1. The number of nitrogens with zero attached hydrogens (tertiary/aromatic N) is 4. The first kappa shape index (κ1) is 22.4. The quantitative estimate of drug-likeness (QED) is 0.428. The van der Waals surface area contributed by atoms with Gasteiger partial charge in [-0.15, -0.1) is 8.78 Å². The van der Waals surface area contributed by atoms with E-state index in [-0.39, 0.29) is 44.9 Å². The van der Waals surface area contributed by atoms with Crippen LogP contribution >= 0.6 is 11.6 Å². The number of benzene rings is 2. The van der Waals surface area contributed by atoms with Gasteiger partial charge in [-0.3, -0.25) is 9.59 Å². The molecule has 0 radical (unpaired) electrons. The Morgan fingerprint density at radius 3 is 2.72 bits per heavy atom. The molecule has 0 saturated heterocycles. The van der Waals surface area contributed by atoms with Gasteiger partial charge < -0.3 is 19.4 Å². The summed E-state index contributed by atoms with van der Waals surface area (Å²) in [7, 11) is 0. The fourth-order valence-corrected chi connectivity index (χ4v) is 4.38. The fourth-order valence-electron chi connectivity index (χ4n) is 4.16. The van der Waals surface area contributed by atoms with Gasteiger partial charge in [0.2, 0.25) is 5.91 Å². The highest BCUT2D eigenvalue weighted by Crippen LogP contribution is 2.44. The van der Waals surface area contributed by atoms with Crippen molar-refractivity contribution in [3.05, 3.63) is 63.9 Å². The number of hydrogen-bond donors (Lipinski definition) is 1. The number of imidazole rings is 1. The second-order valence-corrected chi connectivity index (χ2v) is 8.83. The van der Waals surface area contributed by atoms with Crippen molar-refractivity contribution in [1.82, 2.24) is 19.7 Å². The molecule has 4 aromatic rings. The second-order valence-electron chi connectivity index (χ2n) is 8.39. The van der Waals surface area contributed by atoms with E-state index >= 15 is 0 Å². The Labute approximate surface area is 205 Å². The van der Waals surface area contributed by atoms with Gasteiger partial charge in [0.25, 0.3) is 5.56 Å². The van der Waals surface area contributed by atoms with Crippen molar-refractivity contribution >= 4 is 34.2 Å². The van der Waals surface area contributed by atoms with E-state index in [9.17, 15) is 22.8 Å². The van der Waals surface area contributed by atoms with Crippen molar-refractivity contribution in [1.29, 1.82) is 0 Å². The summed E-state index contributed by atoms with van der Waals surface area (Å²) in [5, 5.41) is 4.44. The Bertz CT molecular complexity index is 1580. The van der Waals surface area contributed by atoms with Crippen molar-refractivity contribution in [3.63, 3.8) is 0 Å². The van der Waals surface area contributed by atoms with Crippen LogP contribution in [0.5, 0.6) is 11.5 Å². The fraction of sp³-hybridized carbons (Fsp3) is 0.217. The third-order valence-corrected chi connectivity index (χ3v) is 6.02. The Balaban J connectivity index is 1.38. The van der Waals surface area contributed by atoms with Crippen LogP contribution in [0.3, 0.4) is 0 Å². The molecule has 13 heteroatoms. The highest BCUT2D eigenvalue weighted by atomic mass is 35.5. The summed E-state index contributed by atoms with van der Waals surface area (Å²) in [6, 6.07) is 7.67. The lowest BCUT2D eigenvalue weighted by molar-refractivity contribution is -0.286. The first-order valence-electron chi connectivity index (χ1n) is 10.8. The van der Waals surface area contributed by atoms with E-state index in [4.69, 9.17) is 11.6 Å². The Morgan fingerprint density at radius 2 is 1.97 bits per heavy atom. The molecule has 2 aromatic carbocycles. The molecular formula is C23H15ClF3N5O4. The van der Waals surface area contributed by atoms with Gasteiger partial charge in [0.15, 0.2) is 17.0 Å². The van der Waals surface area contributed by atoms with Crippen molar-refractivity contribution in [2.45, 2.75) is 31.7 Å². The van der Waals surface area contributed by atoms with E-state index in [0.717, 1.165) is 10.7 Å². The third kappa shape index (κ3) is 3.92. The van der Waals surface area contributed by atoms with Crippen LogP contribution in [-0.4, -0.2) is 38.0 Å². The van der Waals surface area contributed by atoms with Gasteiger partial charge in [-0.2, -0.15) is 5.10 Å². The number of carbonyl (C=O) groups excluding carboxylic acids is 1. The Morgan fingerprint density at radius 1 is 1.19 bits per heavy atom. The zero-order valence-electron chi connectivity index (χ0n) is 18.2. The summed E-state index contributed by atoms with van der Waals surface area (Å²) in [6.45, 7) is -0.473. The summed E-state index contributed by atoms with van der Waals surface area (Å²) in [4.78, 5) is 34.7. The smallest absolute Gasteiger partial charge is 0.395 e. The predicted molar refractivity (Wildman–Crippen MR) is 122 cm³/mol. The largest absolute Gasteiger partial charge is 0.586 e. The van der Waals surface area contributed by atoms with E-state index in [2.05, 4.69) is 24.5 Å². The lowest BCUT2D eigenvalue weighted by Gasteiger charge is -2.23. The first-order valence-corrected chi connectivity index (χ1v) is 11.2. The van der Waals surface area contributed by atoms with Gasteiger partial charge in [0.05, 0.1) is 11.8 Å². The van der Waals surface area contributed by atoms with Crippen molar-refractivity contribution in [2.75, 3.05) is 4.90 Å². The average molecular weight is 518 g/mol. The number of anilines is 1. The van der Waals surface area contributed by atoms with Crippen LogP contribution < -0.4 is 19.9 Å². The molecule has 2 aromatic heterocycles. The summed E-state index contributed by atoms with van der Waals surface area (Å²) >= 11 is 6.00. The summed E-state index contributed by atoms with van der Waals surface area (Å²) in [6.07, 6.45) is -1.10. The number of hydrogen-bond acceptors (Lipinski definition) is 6. The Hall–Kier alpha value is -4.06. The maximum absolute atomic E-state index is 14.0. The number of fused-ring (bicyclic) bond motifs is 2. The van der Waals surface area contributed by atoms with Gasteiger partial charge >= 0.3 is 6.29 Å². The maximum atomic E-state index is 14.0. The minimum Gasteiger partial charge on any atom is -0.395 e. The zero-order chi connectivity index (χ0) is 25.2. The summed E-state index contributed by atoms with van der Waals surface area (Å²) in [5.41, 5.74) is 0.420. The normalized spacial score (nSPS) is 15.9. The van der Waals surface area contributed by atoms with Crippen LogP contribution in [0.15, 0.2) is 47.5 Å². The first-order chi connectivity index (χ1) is 17.2. The molecule has 0 bridgehead atoms. The molecule has 1 N–H and O–H groups in total. The maximum Gasteiger partial charge on any atom is 0.586 e. The molecule has 1 aliphatic carbocycles. The lowest BCUT2D eigenvalue weighted by Crippen LogP contribution is -2.39. The van der Waals surface area contributed by atoms with Gasteiger partial charge in [-0.05, 0) is 43.2 Å². The Kier molecular flexibility index (Phi) is 4.97. The minimum atomic E-state index is -3.79. The molecule has 1 amide bonds. The van der Waals surface area contributed by atoms with E-state index in [0.29, 0.717) is 18.5 Å². The van der Waals surface area contributed by atoms with E-state index < -0.39 is 30.1 Å². The number of nitrogens with one attached hydrogen (secondary N) is 1. The molecule has 6 rings (SSSR count). The molecule has 0 unspecified atom stereocenters. The van der Waals surface area contributed by atoms with Crippen molar-refractivity contribution in [3.8, 4) is 22.8 Å². The molecule has 184 valence electrons. The molecule has 36 heavy (non-hydrogen) atoms. The topological polar surface area (TPSA) is 102 Å². The highest BCUT2D eigenvalue weighted by Gasteiger charge is 2.44. The van der Waals surface area contributed by atoms with Crippen LogP contribution in [0.25, 0.3) is 22.3 Å². The van der Waals surface area contributed by atoms with Gasteiger partial charge in [-0.25, -0.2) is 14.1 Å². The second kappa shape index (κ2) is 7.98. The van der Waals surface area contributed by atoms with E-state index in [1.807, 2.05) is 0 Å². The molecular weight excluding hydrogens is 503 g/mol. The zero-order valence-corrected chi connectivity index (χ0v) is 18.9. The number of H-pyrrole nitrogens is 1. The van der Waals surface area contributed by atoms with Crippen LogP contribution in [0.4, 0.5) is 18.9 Å². The molecule has 2 aliphatic rings. The minimum absolute atomic E-state index is 0.0106. The van der Waals surface area contributed by atoms with Crippen molar-refractivity contribution in [2.24, 2.45) is 0 Å². The summed E-state index contributed by atoms with van der Waals surface area (Å²) in [5.74, 6) is -1.45. The molecule has 0 spiro atoms. The number of ether oxygens (including phenoxy) is 2. The van der Waals surface area contributed by atoms with Crippen LogP contribution in [-0.2, 0) is 11.3 Å². The number of amides is 1. The predicted octanol–water partition coefficient (Wildman–Crippen LogP) is 4.10. The van der Waals surface area contributed by atoms with E-state index in [1.54, 1.807) is 0 Å². The number of rotatable bonds is 5. The molecule has 1 saturated carbocycles. The summed E-state index contributed by atoms with van der Waals surface area (Å²) < 4.78 is 50.8. The number of aromatic amines is 1. The number of aromatic nitrogens is 4. The number of carbonyl (C=O) groups is 1. The molecule has 9 nitrogen and oxygen atoms in total. The van der Waals surface area contributed by atoms with Crippen LogP contribution in [0.1, 0.15) is 12.8 Å². The van der Waals surface area contributed by atoms with Crippen LogP contribution in [0, 0.1) is 5.82 Å². The van der Waals surface area contributed by atoms with Gasteiger partial charge in [0.1, 0.15) is 18.1 Å². The third-order valence-electron chi connectivity index (χ3n) is 5.80. The number of halogens is 4. The molecule has 1 aliphatic heterocycles. The van der Waals surface area contributed by atoms with Gasteiger partial charge in [-0.1, -0.05) is 11.6 Å². The van der Waals surface area contributed by atoms with E-state index in [1.165, 1.54) is 41.6 Å². The number of alkyl halides is 2. The molecule has 1 fully saturated rings. The van der Waals surface area contributed by atoms with Crippen LogP contribution in [0.2, 0.25) is 5.02 Å². The molecule has 0 atom stereocenters. The monoisotopic (exact) mass is 517 g/mol. The molecule has 3 heterocycles. The standard InChI is InChI=1S/C23H15ClF3N5O4/c24-12-5-11(6-13(25)7-12)19-20-21(29-10-28-20)22(34)31(30-19)9-18(33)32(14-1-2-14)15-3-4-16-17(8-15)36-23(26,27)35-16/h3-8,10,14H,1-2,9H2,(H,28,29). The van der Waals surface area contributed by atoms with Gasteiger partial charge in [0, 0.05) is 28.4 Å². The SMILES string of the molecule is O=C(Cn1nc(-c2cc(F)cc(Cl)c2)c2[nH]cnc2c1=O)N(c1ccc2c(c1)OC(F)(F)O2)C1CC1. The van der Waals surface area contributed by atoms with Crippen molar-refractivity contribution < 1.29 is 27.4 Å².